The predicted molar refractivity (Wildman–Crippen MR) is 102 cm³/mol. The topological polar surface area (TPSA) is 62.3 Å². The summed E-state index contributed by atoms with van der Waals surface area (Å²) in [7, 11) is 1.74. The second-order valence-corrected chi connectivity index (χ2v) is 8.14. The molecule has 1 N–H and O–H groups in total. The lowest BCUT2D eigenvalue weighted by atomic mass is 10.3. The van der Waals surface area contributed by atoms with Crippen molar-refractivity contribution >= 4 is 44.7 Å². The number of benzene rings is 1. The fourth-order valence-electron chi connectivity index (χ4n) is 2.37. The van der Waals surface area contributed by atoms with Crippen LogP contribution < -0.4 is 5.32 Å². The van der Waals surface area contributed by atoms with Gasteiger partial charge in [-0.25, -0.2) is 4.98 Å². The van der Waals surface area contributed by atoms with Crippen molar-refractivity contribution < 1.29 is 9.59 Å². The van der Waals surface area contributed by atoms with Crippen molar-refractivity contribution in [2.45, 2.75) is 19.9 Å². The van der Waals surface area contributed by atoms with E-state index in [0.717, 1.165) is 20.1 Å². The predicted octanol–water partition coefficient (Wildman–Crippen LogP) is 3.62. The van der Waals surface area contributed by atoms with E-state index < -0.39 is 0 Å². The maximum atomic E-state index is 12.4. The molecule has 0 bridgehead atoms. The molecular formula is C18H19N3O2S2. The van der Waals surface area contributed by atoms with Crippen LogP contribution >= 0.6 is 22.7 Å². The highest BCUT2D eigenvalue weighted by Gasteiger charge is 2.21. The molecule has 0 saturated heterocycles. The zero-order valence-electron chi connectivity index (χ0n) is 14.3. The van der Waals surface area contributed by atoms with Crippen LogP contribution in [0, 0.1) is 6.92 Å². The van der Waals surface area contributed by atoms with Crippen LogP contribution in [0.1, 0.15) is 32.5 Å². The second-order valence-electron chi connectivity index (χ2n) is 5.79. The average Bonchev–Trinajstić information content (AvgIpc) is 3.24. The number of thiophene rings is 1. The minimum absolute atomic E-state index is 0.0263. The highest BCUT2D eigenvalue weighted by molar-refractivity contribution is 7.18. The van der Waals surface area contributed by atoms with Gasteiger partial charge in [-0.05, 0) is 38.1 Å². The zero-order chi connectivity index (χ0) is 18.0. The first-order valence-electron chi connectivity index (χ1n) is 7.91. The van der Waals surface area contributed by atoms with Crippen molar-refractivity contribution in [1.29, 1.82) is 0 Å². The SMILES string of the molecule is Cc1ccc(C(=O)NCC(=O)N(C)C(C)c2nc3ccccc3s2)s1. The van der Waals surface area contributed by atoms with E-state index in [0.29, 0.717) is 4.88 Å². The first kappa shape index (κ1) is 17.6. The molecule has 3 rings (SSSR count). The van der Waals surface area contributed by atoms with Crippen LogP contribution in [-0.2, 0) is 4.79 Å². The summed E-state index contributed by atoms with van der Waals surface area (Å²) in [5.74, 6) is -0.360. The van der Waals surface area contributed by atoms with Crippen LogP contribution in [0.3, 0.4) is 0 Å². The highest BCUT2D eigenvalue weighted by Crippen LogP contribution is 2.28. The molecule has 3 aromatic rings. The number of hydrogen-bond acceptors (Lipinski definition) is 5. The van der Waals surface area contributed by atoms with Crippen LogP contribution in [0.5, 0.6) is 0 Å². The standard InChI is InChI=1S/C18H19N3O2S2/c1-11-8-9-15(24-11)17(23)19-10-16(22)21(3)12(2)18-20-13-6-4-5-7-14(13)25-18/h4-9,12H,10H2,1-3H3,(H,19,23). The van der Waals surface area contributed by atoms with Crippen molar-refractivity contribution in [2.24, 2.45) is 0 Å². The lowest BCUT2D eigenvalue weighted by molar-refractivity contribution is -0.130. The Labute approximate surface area is 154 Å². The van der Waals surface area contributed by atoms with Crippen LogP contribution in [0.15, 0.2) is 36.4 Å². The van der Waals surface area contributed by atoms with Gasteiger partial charge in [0.25, 0.3) is 5.91 Å². The highest BCUT2D eigenvalue weighted by atomic mass is 32.1. The molecule has 0 spiro atoms. The zero-order valence-corrected chi connectivity index (χ0v) is 15.9. The van der Waals surface area contributed by atoms with Gasteiger partial charge in [-0.1, -0.05) is 12.1 Å². The Morgan fingerprint density at radius 3 is 2.64 bits per heavy atom. The van der Waals surface area contributed by atoms with E-state index >= 15 is 0 Å². The van der Waals surface area contributed by atoms with E-state index in [4.69, 9.17) is 0 Å². The van der Waals surface area contributed by atoms with Crippen LogP contribution in [0.2, 0.25) is 0 Å². The summed E-state index contributed by atoms with van der Waals surface area (Å²) in [6.45, 7) is 3.86. The lowest BCUT2D eigenvalue weighted by Crippen LogP contribution is -2.39. The molecule has 1 aromatic carbocycles. The summed E-state index contributed by atoms with van der Waals surface area (Å²) in [4.78, 5) is 32.4. The monoisotopic (exact) mass is 373 g/mol. The summed E-state index contributed by atoms with van der Waals surface area (Å²) in [6.07, 6.45) is 0. The Hall–Kier alpha value is -2.25. The fraction of sp³-hybridized carbons (Fsp3) is 0.278. The number of nitrogens with zero attached hydrogens (tertiary/aromatic N) is 2. The maximum absolute atomic E-state index is 12.4. The molecule has 1 unspecified atom stereocenters. The Morgan fingerprint density at radius 2 is 1.96 bits per heavy atom. The number of para-hydroxylation sites is 1. The molecule has 2 heterocycles. The first-order chi connectivity index (χ1) is 12.0. The molecule has 0 saturated carbocycles. The summed E-state index contributed by atoms with van der Waals surface area (Å²) in [6, 6.07) is 11.4. The number of aryl methyl sites for hydroxylation is 1. The number of likely N-dealkylation sites (N-methyl/N-ethyl adjacent to an activating group) is 1. The molecule has 0 aliphatic heterocycles. The van der Waals surface area contributed by atoms with Crippen LogP contribution in [0.25, 0.3) is 10.2 Å². The third kappa shape index (κ3) is 3.88. The average molecular weight is 374 g/mol. The molecule has 130 valence electrons. The minimum atomic E-state index is -0.215. The minimum Gasteiger partial charge on any atom is -0.342 e. The van der Waals surface area contributed by atoms with Crippen molar-refractivity contribution in [3.8, 4) is 0 Å². The number of carbonyl (C=O) groups excluding carboxylic acids is 2. The van der Waals surface area contributed by atoms with Crippen molar-refractivity contribution in [1.82, 2.24) is 15.2 Å². The molecule has 0 aliphatic carbocycles. The smallest absolute Gasteiger partial charge is 0.261 e. The molecule has 2 amide bonds. The van der Waals surface area contributed by atoms with Gasteiger partial charge >= 0.3 is 0 Å². The maximum Gasteiger partial charge on any atom is 0.261 e. The molecule has 25 heavy (non-hydrogen) atoms. The van der Waals surface area contributed by atoms with Gasteiger partial charge < -0.3 is 10.2 Å². The Balaban J connectivity index is 1.62. The number of aromatic nitrogens is 1. The number of thiazole rings is 1. The number of fused-ring (bicyclic) bond motifs is 1. The second kappa shape index (κ2) is 7.33. The van der Waals surface area contributed by atoms with Crippen LogP contribution in [0.4, 0.5) is 0 Å². The molecule has 0 fully saturated rings. The van der Waals surface area contributed by atoms with Crippen molar-refractivity contribution in [2.75, 3.05) is 13.6 Å². The van der Waals surface area contributed by atoms with Gasteiger partial charge in [0, 0.05) is 11.9 Å². The third-order valence-corrected chi connectivity index (χ3v) is 6.21. The van der Waals surface area contributed by atoms with Gasteiger partial charge in [0.15, 0.2) is 0 Å². The van der Waals surface area contributed by atoms with E-state index in [1.165, 1.54) is 11.3 Å². The molecule has 5 nitrogen and oxygen atoms in total. The summed E-state index contributed by atoms with van der Waals surface area (Å²) in [5, 5.41) is 3.58. The van der Waals surface area contributed by atoms with E-state index in [1.54, 1.807) is 29.4 Å². The fourth-order valence-corrected chi connectivity index (χ4v) is 4.22. The molecule has 0 aliphatic rings. The largest absolute Gasteiger partial charge is 0.342 e. The molecule has 0 radical (unpaired) electrons. The Kier molecular flexibility index (Phi) is 5.15. The number of rotatable bonds is 5. The van der Waals surface area contributed by atoms with Crippen molar-refractivity contribution in [3.05, 3.63) is 51.2 Å². The summed E-state index contributed by atoms with van der Waals surface area (Å²) >= 11 is 3.00. The van der Waals surface area contributed by atoms with E-state index in [-0.39, 0.29) is 24.4 Å². The van der Waals surface area contributed by atoms with Gasteiger partial charge in [0.05, 0.1) is 27.7 Å². The van der Waals surface area contributed by atoms with E-state index in [1.807, 2.05) is 44.2 Å². The number of hydrogen-bond donors (Lipinski definition) is 1. The lowest BCUT2D eigenvalue weighted by Gasteiger charge is -2.23. The van der Waals surface area contributed by atoms with Gasteiger partial charge in [-0.2, -0.15) is 0 Å². The van der Waals surface area contributed by atoms with E-state index in [9.17, 15) is 9.59 Å². The molecular weight excluding hydrogens is 354 g/mol. The quantitative estimate of drug-likeness (QED) is 0.743. The molecule has 1 atom stereocenters. The molecule has 7 heteroatoms. The number of carbonyl (C=O) groups is 2. The van der Waals surface area contributed by atoms with Gasteiger partial charge in [-0.15, -0.1) is 22.7 Å². The van der Waals surface area contributed by atoms with Gasteiger partial charge in [0.1, 0.15) is 5.01 Å². The molecule has 2 aromatic heterocycles. The van der Waals surface area contributed by atoms with Crippen molar-refractivity contribution in [3.63, 3.8) is 0 Å². The number of nitrogens with one attached hydrogen (secondary N) is 1. The first-order valence-corrected chi connectivity index (χ1v) is 9.55. The summed E-state index contributed by atoms with van der Waals surface area (Å²) < 4.78 is 1.10. The van der Waals surface area contributed by atoms with Crippen LogP contribution in [-0.4, -0.2) is 35.3 Å². The Bertz CT molecular complexity index is 883. The van der Waals surface area contributed by atoms with Gasteiger partial charge in [-0.3, -0.25) is 9.59 Å². The normalized spacial score (nSPS) is 12.1. The summed E-state index contributed by atoms with van der Waals surface area (Å²) in [5.41, 5.74) is 0.941. The van der Waals surface area contributed by atoms with Gasteiger partial charge in [0.2, 0.25) is 5.91 Å². The Morgan fingerprint density at radius 1 is 1.20 bits per heavy atom. The third-order valence-electron chi connectivity index (χ3n) is 4.01. The van der Waals surface area contributed by atoms with E-state index in [2.05, 4.69) is 10.3 Å². The number of amides is 2.